The van der Waals surface area contributed by atoms with Gasteiger partial charge in [0.2, 0.25) is 0 Å². The Labute approximate surface area is 117 Å². The zero-order valence-corrected chi connectivity index (χ0v) is 11.7. The molecule has 0 aromatic heterocycles. The van der Waals surface area contributed by atoms with Crippen LogP contribution in [0.3, 0.4) is 0 Å². The zero-order chi connectivity index (χ0) is 14.4. The van der Waals surface area contributed by atoms with Gasteiger partial charge in [0.15, 0.2) is 0 Å². The monoisotopic (exact) mass is 278 g/mol. The highest BCUT2D eigenvalue weighted by Gasteiger charge is 2.64. The van der Waals surface area contributed by atoms with E-state index in [1.807, 2.05) is 0 Å². The molecule has 20 heavy (non-hydrogen) atoms. The standard InChI is InChI=1S/C15H18O5/c1-3-19-14(17)12(15(18)20-4-2)11-7-5-9-8(11)6-10(7)13(9)16/h7-10H,3-6H2,1-2H3/t7-,8-,9-,10-/m1/s1. The molecule has 0 aromatic rings. The third-order valence-corrected chi connectivity index (χ3v) is 4.76. The lowest BCUT2D eigenvalue weighted by atomic mass is 9.90. The third kappa shape index (κ3) is 1.65. The van der Waals surface area contributed by atoms with Gasteiger partial charge in [0.1, 0.15) is 11.4 Å². The summed E-state index contributed by atoms with van der Waals surface area (Å²) in [6, 6.07) is 0. The zero-order valence-electron chi connectivity index (χ0n) is 11.7. The highest BCUT2D eigenvalue weighted by molar-refractivity contribution is 6.15. The summed E-state index contributed by atoms with van der Waals surface area (Å²) in [5, 5.41) is 0. The summed E-state index contributed by atoms with van der Waals surface area (Å²) in [4.78, 5) is 36.1. The number of carbonyl (C=O) groups excluding carboxylic acids is 3. The molecule has 108 valence electrons. The number of carbonyl (C=O) groups is 3. The summed E-state index contributed by atoms with van der Waals surface area (Å²) in [5.74, 6) is -0.755. The van der Waals surface area contributed by atoms with Crippen molar-refractivity contribution in [1.29, 1.82) is 0 Å². The lowest BCUT2D eigenvalue weighted by Crippen LogP contribution is -2.24. The largest absolute Gasteiger partial charge is 0.462 e. The molecule has 0 spiro atoms. The maximum Gasteiger partial charge on any atom is 0.345 e. The van der Waals surface area contributed by atoms with Crippen LogP contribution in [0.5, 0.6) is 0 Å². The van der Waals surface area contributed by atoms with Crippen molar-refractivity contribution in [2.75, 3.05) is 13.2 Å². The number of hydrogen-bond acceptors (Lipinski definition) is 5. The smallest absolute Gasteiger partial charge is 0.345 e. The van der Waals surface area contributed by atoms with E-state index in [1.54, 1.807) is 13.8 Å². The lowest BCUT2D eigenvalue weighted by Gasteiger charge is -2.16. The van der Waals surface area contributed by atoms with Crippen LogP contribution in [-0.4, -0.2) is 30.9 Å². The van der Waals surface area contributed by atoms with Crippen LogP contribution >= 0.6 is 0 Å². The van der Waals surface area contributed by atoms with E-state index in [0.29, 0.717) is 5.78 Å². The van der Waals surface area contributed by atoms with Crippen molar-refractivity contribution in [3.05, 3.63) is 11.1 Å². The van der Waals surface area contributed by atoms with E-state index in [4.69, 9.17) is 9.47 Å². The van der Waals surface area contributed by atoms with Gasteiger partial charge < -0.3 is 9.47 Å². The Balaban J connectivity index is 1.99. The van der Waals surface area contributed by atoms with Crippen molar-refractivity contribution >= 4 is 17.7 Å². The molecule has 4 rings (SSSR count). The summed E-state index contributed by atoms with van der Waals surface area (Å²) in [6.07, 6.45) is 1.57. The molecule has 4 saturated carbocycles. The maximum atomic E-state index is 12.1. The van der Waals surface area contributed by atoms with Gasteiger partial charge in [-0.3, -0.25) is 4.79 Å². The molecule has 5 nitrogen and oxygen atoms in total. The quantitative estimate of drug-likeness (QED) is 0.335. The van der Waals surface area contributed by atoms with Crippen LogP contribution in [0.2, 0.25) is 0 Å². The number of ketones is 1. The third-order valence-electron chi connectivity index (χ3n) is 4.76. The van der Waals surface area contributed by atoms with Crippen LogP contribution in [0.15, 0.2) is 11.1 Å². The molecule has 4 atom stereocenters. The predicted octanol–water partition coefficient (Wildman–Crippen LogP) is 1.26. The van der Waals surface area contributed by atoms with Crippen molar-refractivity contribution in [2.45, 2.75) is 26.7 Å². The highest BCUT2D eigenvalue weighted by atomic mass is 16.6. The van der Waals surface area contributed by atoms with Gasteiger partial charge in [-0.1, -0.05) is 0 Å². The Morgan fingerprint density at radius 2 is 1.40 bits per heavy atom. The minimum atomic E-state index is -0.605. The van der Waals surface area contributed by atoms with Gasteiger partial charge in [0.25, 0.3) is 0 Å². The molecule has 0 N–H and O–H groups in total. The van der Waals surface area contributed by atoms with Crippen molar-refractivity contribution in [2.24, 2.45) is 23.7 Å². The van der Waals surface area contributed by atoms with E-state index < -0.39 is 11.9 Å². The number of allylic oxidation sites excluding steroid dienone is 1. The van der Waals surface area contributed by atoms with Crippen LogP contribution in [0, 0.1) is 23.7 Å². The topological polar surface area (TPSA) is 69.7 Å². The second-order valence-electron chi connectivity index (χ2n) is 5.57. The van der Waals surface area contributed by atoms with E-state index in [1.165, 1.54) is 0 Å². The first-order valence-corrected chi connectivity index (χ1v) is 7.22. The van der Waals surface area contributed by atoms with Crippen molar-refractivity contribution in [3.63, 3.8) is 0 Å². The summed E-state index contributed by atoms with van der Waals surface area (Å²) >= 11 is 0. The fraction of sp³-hybridized carbons (Fsp3) is 0.667. The summed E-state index contributed by atoms with van der Waals surface area (Å²) in [7, 11) is 0. The Hall–Kier alpha value is -1.65. The first kappa shape index (κ1) is 13.3. The molecule has 4 fully saturated rings. The van der Waals surface area contributed by atoms with Gasteiger partial charge in [0, 0.05) is 11.8 Å². The average Bonchev–Trinajstić information content (AvgIpc) is 3.09. The number of esters is 2. The molecule has 4 aliphatic carbocycles. The van der Waals surface area contributed by atoms with Gasteiger partial charge in [-0.25, -0.2) is 9.59 Å². The Morgan fingerprint density at radius 3 is 1.75 bits per heavy atom. The van der Waals surface area contributed by atoms with Crippen LogP contribution in [0.4, 0.5) is 0 Å². The van der Waals surface area contributed by atoms with Gasteiger partial charge in [-0.15, -0.1) is 0 Å². The SMILES string of the molecule is CCOC(=O)C(C(=O)OCC)=C1[C@@H]2C[C@H]3C(=O)[C@@H]2C[C@@H]13. The molecular formula is C15H18O5. The van der Waals surface area contributed by atoms with Gasteiger partial charge in [0.05, 0.1) is 13.2 Å². The second-order valence-corrected chi connectivity index (χ2v) is 5.57. The normalized spacial score (nSPS) is 32.9. The second kappa shape index (κ2) is 4.72. The molecule has 4 aliphatic rings. The maximum absolute atomic E-state index is 12.1. The van der Waals surface area contributed by atoms with Crippen LogP contribution in [0.25, 0.3) is 0 Å². The minimum Gasteiger partial charge on any atom is -0.462 e. The van der Waals surface area contributed by atoms with Gasteiger partial charge >= 0.3 is 11.9 Å². The molecule has 0 unspecified atom stereocenters. The highest BCUT2D eigenvalue weighted by Crippen LogP contribution is 2.64. The van der Waals surface area contributed by atoms with E-state index in [0.717, 1.165) is 18.4 Å². The first-order valence-electron chi connectivity index (χ1n) is 7.22. The minimum absolute atomic E-state index is 0.0128. The van der Waals surface area contributed by atoms with E-state index in [9.17, 15) is 14.4 Å². The molecule has 4 bridgehead atoms. The first-order chi connectivity index (χ1) is 9.60. The fourth-order valence-corrected chi connectivity index (χ4v) is 4.17. The molecule has 0 radical (unpaired) electrons. The number of hydrogen-bond donors (Lipinski definition) is 0. The van der Waals surface area contributed by atoms with Gasteiger partial charge in [-0.2, -0.15) is 0 Å². The van der Waals surface area contributed by atoms with E-state index in [-0.39, 0.29) is 42.5 Å². The fourth-order valence-electron chi connectivity index (χ4n) is 4.17. The molecule has 0 saturated heterocycles. The summed E-state index contributed by atoms with van der Waals surface area (Å²) in [6.45, 7) is 3.84. The van der Waals surface area contributed by atoms with E-state index >= 15 is 0 Å². The molecular weight excluding hydrogens is 260 g/mol. The average molecular weight is 278 g/mol. The predicted molar refractivity (Wildman–Crippen MR) is 68.5 cm³/mol. The van der Waals surface area contributed by atoms with Gasteiger partial charge in [-0.05, 0) is 44.1 Å². The van der Waals surface area contributed by atoms with Crippen LogP contribution in [0.1, 0.15) is 26.7 Å². The Kier molecular flexibility index (Phi) is 3.15. The van der Waals surface area contributed by atoms with Crippen molar-refractivity contribution in [3.8, 4) is 0 Å². The molecule has 0 aliphatic heterocycles. The lowest BCUT2D eigenvalue weighted by molar-refractivity contribution is -0.147. The van der Waals surface area contributed by atoms with Crippen LogP contribution < -0.4 is 0 Å². The Bertz CT molecular complexity index is 476. The van der Waals surface area contributed by atoms with Crippen molar-refractivity contribution < 1.29 is 23.9 Å². The molecule has 0 heterocycles. The molecule has 0 aromatic carbocycles. The summed E-state index contributed by atoms with van der Waals surface area (Å²) in [5.41, 5.74) is 0.887. The number of ether oxygens (including phenoxy) is 2. The van der Waals surface area contributed by atoms with E-state index in [2.05, 4.69) is 0 Å². The van der Waals surface area contributed by atoms with Crippen LogP contribution in [-0.2, 0) is 23.9 Å². The summed E-state index contributed by atoms with van der Waals surface area (Å²) < 4.78 is 10.0. The molecule has 0 amide bonds. The van der Waals surface area contributed by atoms with Crippen molar-refractivity contribution in [1.82, 2.24) is 0 Å². The number of Topliss-reactive ketones (excluding diaryl/α,β-unsaturated/α-hetero) is 1. The number of rotatable bonds is 4. The Morgan fingerprint density at radius 1 is 0.950 bits per heavy atom. The molecule has 5 heteroatoms.